The smallest absolute Gasteiger partial charge is 0.0615 e. The molecule has 0 heterocycles. The molecule has 86 valence electrons. The molecule has 0 saturated heterocycles. The summed E-state index contributed by atoms with van der Waals surface area (Å²) in [5.74, 6) is 0. The zero-order valence-electron chi connectivity index (χ0n) is 9.24. The summed E-state index contributed by atoms with van der Waals surface area (Å²) in [5.41, 5.74) is -0.286. The van der Waals surface area contributed by atoms with Gasteiger partial charge in [-0.2, -0.15) is 0 Å². The van der Waals surface area contributed by atoms with Crippen LogP contribution in [0.4, 0.5) is 0 Å². The van der Waals surface area contributed by atoms with Crippen molar-refractivity contribution in [2.75, 3.05) is 32.9 Å². The monoisotopic (exact) mass is 205 g/mol. The molecular weight excluding hydrogens is 182 g/mol. The molecule has 0 saturated carbocycles. The number of hydrogen-bond donors (Lipinski definition) is 3. The van der Waals surface area contributed by atoms with Crippen LogP contribution in [0.2, 0.25) is 0 Å². The van der Waals surface area contributed by atoms with Crippen molar-refractivity contribution in [3.8, 4) is 0 Å². The van der Waals surface area contributed by atoms with Crippen molar-refractivity contribution in [3.63, 3.8) is 0 Å². The minimum atomic E-state index is -0.286. The summed E-state index contributed by atoms with van der Waals surface area (Å²) in [5, 5.41) is 27.2. The van der Waals surface area contributed by atoms with E-state index in [1.165, 1.54) is 0 Å². The summed E-state index contributed by atoms with van der Waals surface area (Å²) >= 11 is 0. The number of β-amino-alcohol motifs (C(OH)–C–C–N with tert-alkyl or cyclic N) is 2. The average molecular weight is 205 g/mol. The van der Waals surface area contributed by atoms with Crippen LogP contribution >= 0.6 is 0 Å². The topological polar surface area (TPSA) is 63.9 Å². The van der Waals surface area contributed by atoms with Gasteiger partial charge >= 0.3 is 0 Å². The van der Waals surface area contributed by atoms with Crippen molar-refractivity contribution < 1.29 is 15.3 Å². The fourth-order valence-electron chi connectivity index (χ4n) is 1.85. The second-order valence-corrected chi connectivity index (χ2v) is 3.52. The first-order valence-electron chi connectivity index (χ1n) is 5.28. The van der Waals surface area contributed by atoms with Crippen LogP contribution in [-0.4, -0.2) is 58.7 Å². The molecule has 3 N–H and O–H groups in total. The molecule has 4 heteroatoms. The third-order valence-electron chi connectivity index (χ3n) is 3.02. The maximum Gasteiger partial charge on any atom is 0.0615 e. The molecule has 0 rings (SSSR count). The van der Waals surface area contributed by atoms with Crippen LogP contribution in [0.1, 0.15) is 26.7 Å². The van der Waals surface area contributed by atoms with Gasteiger partial charge in [0.2, 0.25) is 0 Å². The Morgan fingerprint density at radius 2 is 1.36 bits per heavy atom. The van der Waals surface area contributed by atoms with E-state index in [2.05, 4.69) is 0 Å². The van der Waals surface area contributed by atoms with E-state index in [4.69, 9.17) is 10.2 Å². The Labute approximate surface area is 86.2 Å². The highest BCUT2D eigenvalue weighted by Gasteiger charge is 2.31. The van der Waals surface area contributed by atoms with Crippen molar-refractivity contribution in [2.45, 2.75) is 32.2 Å². The molecule has 4 nitrogen and oxygen atoms in total. The lowest BCUT2D eigenvalue weighted by Gasteiger charge is -2.41. The molecule has 0 fully saturated rings. The average Bonchev–Trinajstić information content (AvgIpc) is 2.22. The fourth-order valence-corrected chi connectivity index (χ4v) is 1.85. The Balaban J connectivity index is 4.52. The van der Waals surface area contributed by atoms with Crippen molar-refractivity contribution in [3.05, 3.63) is 0 Å². The number of aliphatic hydroxyl groups excluding tert-OH is 3. The minimum absolute atomic E-state index is 0.0573. The Morgan fingerprint density at radius 1 is 0.929 bits per heavy atom. The first kappa shape index (κ1) is 13.8. The van der Waals surface area contributed by atoms with E-state index >= 15 is 0 Å². The van der Waals surface area contributed by atoms with E-state index in [9.17, 15) is 5.11 Å². The van der Waals surface area contributed by atoms with Crippen molar-refractivity contribution in [1.82, 2.24) is 4.90 Å². The van der Waals surface area contributed by atoms with Gasteiger partial charge in [-0.25, -0.2) is 0 Å². The van der Waals surface area contributed by atoms with Crippen LogP contribution < -0.4 is 0 Å². The lowest BCUT2D eigenvalue weighted by molar-refractivity contribution is 0.00209. The molecule has 14 heavy (non-hydrogen) atoms. The molecule has 0 atom stereocenters. The zero-order valence-corrected chi connectivity index (χ0v) is 9.24. The predicted octanol–water partition coefficient (Wildman–Crippen LogP) is -0.176. The summed E-state index contributed by atoms with van der Waals surface area (Å²) in [6.07, 6.45) is 1.64. The zero-order chi connectivity index (χ0) is 11.0. The summed E-state index contributed by atoms with van der Waals surface area (Å²) < 4.78 is 0. The van der Waals surface area contributed by atoms with Crippen LogP contribution in [0.15, 0.2) is 0 Å². The molecule has 0 radical (unpaired) electrons. The second kappa shape index (κ2) is 7.17. The second-order valence-electron chi connectivity index (χ2n) is 3.52. The molecule has 0 unspecified atom stereocenters. The highest BCUT2D eigenvalue weighted by atomic mass is 16.3. The molecule has 0 aliphatic rings. The van der Waals surface area contributed by atoms with Crippen LogP contribution in [-0.2, 0) is 0 Å². The molecule has 0 aliphatic heterocycles. The first-order valence-corrected chi connectivity index (χ1v) is 5.28. The summed E-state index contributed by atoms with van der Waals surface area (Å²) in [7, 11) is 0. The maximum atomic E-state index is 9.40. The summed E-state index contributed by atoms with van der Waals surface area (Å²) in [4.78, 5) is 1.97. The third-order valence-corrected chi connectivity index (χ3v) is 3.02. The van der Waals surface area contributed by atoms with Gasteiger partial charge in [-0.1, -0.05) is 13.8 Å². The Kier molecular flexibility index (Phi) is 7.09. The van der Waals surface area contributed by atoms with E-state index in [0.717, 1.165) is 12.8 Å². The molecule has 0 aliphatic carbocycles. The van der Waals surface area contributed by atoms with E-state index in [0.29, 0.717) is 13.1 Å². The number of nitrogens with zero attached hydrogens (tertiary/aromatic N) is 1. The third kappa shape index (κ3) is 3.20. The van der Waals surface area contributed by atoms with Crippen molar-refractivity contribution in [1.29, 1.82) is 0 Å². The van der Waals surface area contributed by atoms with Gasteiger partial charge in [0.05, 0.1) is 19.8 Å². The molecule has 0 amide bonds. The van der Waals surface area contributed by atoms with E-state index in [1.807, 2.05) is 18.7 Å². The normalized spacial score (nSPS) is 12.4. The Morgan fingerprint density at radius 3 is 1.57 bits per heavy atom. The van der Waals surface area contributed by atoms with E-state index < -0.39 is 0 Å². The molecule has 0 aromatic rings. The first-order chi connectivity index (χ1) is 6.70. The quantitative estimate of drug-likeness (QED) is 0.514. The standard InChI is InChI=1S/C10H23NO3/c1-3-10(4-2,9-14)11(5-7-12)6-8-13/h12-14H,3-9H2,1-2H3. The van der Waals surface area contributed by atoms with Gasteiger partial charge in [-0.15, -0.1) is 0 Å². The molecule has 0 aromatic heterocycles. The lowest BCUT2D eigenvalue weighted by Crippen LogP contribution is -2.53. The van der Waals surface area contributed by atoms with E-state index in [1.54, 1.807) is 0 Å². The molecule has 0 aromatic carbocycles. The van der Waals surface area contributed by atoms with E-state index in [-0.39, 0.29) is 25.4 Å². The van der Waals surface area contributed by atoms with Gasteiger partial charge in [-0.3, -0.25) is 4.90 Å². The van der Waals surface area contributed by atoms with Crippen molar-refractivity contribution in [2.24, 2.45) is 0 Å². The Hall–Kier alpha value is -0.160. The number of rotatable bonds is 8. The predicted molar refractivity (Wildman–Crippen MR) is 56.1 cm³/mol. The van der Waals surface area contributed by atoms with Crippen LogP contribution in [0.3, 0.4) is 0 Å². The lowest BCUT2D eigenvalue weighted by atomic mass is 9.91. The molecule has 0 spiro atoms. The summed E-state index contributed by atoms with van der Waals surface area (Å²) in [6, 6.07) is 0. The van der Waals surface area contributed by atoms with Crippen molar-refractivity contribution >= 4 is 0 Å². The van der Waals surface area contributed by atoms with Gasteiger partial charge < -0.3 is 15.3 Å². The highest BCUT2D eigenvalue weighted by molar-refractivity contribution is 4.87. The van der Waals surface area contributed by atoms with Gasteiger partial charge in [0, 0.05) is 18.6 Å². The summed E-state index contributed by atoms with van der Waals surface area (Å²) in [6.45, 7) is 5.22. The van der Waals surface area contributed by atoms with Gasteiger partial charge in [0.15, 0.2) is 0 Å². The van der Waals surface area contributed by atoms with Gasteiger partial charge in [0.1, 0.15) is 0 Å². The van der Waals surface area contributed by atoms with Crippen LogP contribution in [0, 0.1) is 0 Å². The number of hydrogen-bond acceptors (Lipinski definition) is 4. The largest absolute Gasteiger partial charge is 0.395 e. The minimum Gasteiger partial charge on any atom is -0.395 e. The Bertz CT molecular complexity index is 123. The number of aliphatic hydroxyl groups is 3. The maximum absolute atomic E-state index is 9.40. The van der Waals surface area contributed by atoms with Crippen LogP contribution in [0.5, 0.6) is 0 Å². The molecular formula is C10H23NO3. The molecule has 0 bridgehead atoms. The SMILES string of the molecule is CCC(CC)(CO)N(CCO)CCO. The fraction of sp³-hybridized carbons (Fsp3) is 1.00. The van der Waals surface area contributed by atoms with Gasteiger partial charge in [0.25, 0.3) is 0 Å². The highest BCUT2D eigenvalue weighted by Crippen LogP contribution is 2.22. The van der Waals surface area contributed by atoms with Gasteiger partial charge in [-0.05, 0) is 12.8 Å². The van der Waals surface area contributed by atoms with Crippen LogP contribution in [0.25, 0.3) is 0 Å².